The van der Waals surface area contributed by atoms with E-state index in [-0.39, 0.29) is 6.17 Å². The summed E-state index contributed by atoms with van der Waals surface area (Å²) < 4.78 is 2.26. The van der Waals surface area contributed by atoms with Crippen molar-refractivity contribution in [1.82, 2.24) is 19.4 Å². The zero-order valence-corrected chi connectivity index (χ0v) is 16.5. The summed E-state index contributed by atoms with van der Waals surface area (Å²) in [5.41, 5.74) is 2.41. The number of aryl methyl sites for hydroxylation is 1. The number of anilines is 1. The van der Waals surface area contributed by atoms with Gasteiger partial charge in [0.15, 0.2) is 0 Å². The number of nitrogens with one attached hydrogen (secondary N) is 1. The molecule has 140 valence electrons. The first-order valence-corrected chi connectivity index (χ1v) is 9.79. The summed E-state index contributed by atoms with van der Waals surface area (Å²) in [6.07, 6.45) is 6.98. The van der Waals surface area contributed by atoms with Crippen molar-refractivity contribution in [2.45, 2.75) is 33.4 Å². The van der Waals surface area contributed by atoms with Crippen LogP contribution in [0.2, 0.25) is 0 Å². The standard InChI is InChI=1S/C22H27N5/c1-5-20(27(6-2)7-3)25-22-21-17-12-16-14-23-10-8-15(16)13-19(17)26(4)18(21)9-11-24-22/h8-14,20H,5-7H2,1-4H3,(H,24,25). The van der Waals surface area contributed by atoms with Crippen LogP contribution < -0.4 is 5.32 Å². The summed E-state index contributed by atoms with van der Waals surface area (Å²) in [5, 5.41) is 8.48. The Kier molecular flexibility index (Phi) is 4.70. The average molecular weight is 361 g/mol. The molecule has 0 fully saturated rings. The molecular weight excluding hydrogens is 334 g/mol. The molecule has 0 saturated heterocycles. The zero-order valence-electron chi connectivity index (χ0n) is 16.5. The molecule has 0 aliphatic heterocycles. The Morgan fingerprint density at radius 1 is 1.04 bits per heavy atom. The molecule has 1 N–H and O–H groups in total. The number of benzene rings is 1. The van der Waals surface area contributed by atoms with Crippen LogP contribution in [0.1, 0.15) is 27.2 Å². The van der Waals surface area contributed by atoms with Crippen LogP contribution in [0.4, 0.5) is 5.82 Å². The average Bonchev–Trinajstić information content (AvgIpc) is 2.99. The van der Waals surface area contributed by atoms with E-state index in [0.29, 0.717) is 0 Å². The molecule has 0 saturated carbocycles. The molecule has 5 heteroatoms. The van der Waals surface area contributed by atoms with E-state index in [9.17, 15) is 0 Å². The van der Waals surface area contributed by atoms with Gasteiger partial charge in [-0.1, -0.05) is 20.8 Å². The van der Waals surface area contributed by atoms with Gasteiger partial charge in [0.05, 0.1) is 11.7 Å². The molecular formula is C22H27N5. The van der Waals surface area contributed by atoms with E-state index in [0.717, 1.165) is 30.7 Å². The minimum Gasteiger partial charge on any atom is -0.354 e. The number of aromatic nitrogens is 3. The molecule has 3 heterocycles. The highest BCUT2D eigenvalue weighted by Gasteiger charge is 2.18. The van der Waals surface area contributed by atoms with Crippen molar-refractivity contribution >= 4 is 38.4 Å². The highest BCUT2D eigenvalue weighted by Crippen LogP contribution is 2.35. The molecule has 4 aromatic rings. The van der Waals surface area contributed by atoms with E-state index in [1.54, 1.807) is 0 Å². The molecule has 0 bridgehead atoms. The fourth-order valence-corrected chi connectivity index (χ4v) is 4.11. The first kappa shape index (κ1) is 17.7. The molecule has 1 aromatic carbocycles. The number of nitrogens with zero attached hydrogens (tertiary/aromatic N) is 4. The largest absolute Gasteiger partial charge is 0.354 e. The fourth-order valence-electron chi connectivity index (χ4n) is 4.11. The van der Waals surface area contributed by atoms with Gasteiger partial charge >= 0.3 is 0 Å². The molecule has 4 rings (SSSR count). The lowest BCUT2D eigenvalue weighted by atomic mass is 10.1. The molecule has 0 amide bonds. The summed E-state index contributed by atoms with van der Waals surface area (Å²) in [6.45, 7) is 8.67. The normalized spacial score (nSPS) is 13.1. The minimum atomic E-state index is 0.274. The Morgan fingerprint density at radius 3 is 2.59 bits per heavy atom. The van der Waals surface area contributed by atoms with Crippen LogP contribution in [0.25, 0.3) is 32.6 Å². The quantitative estimate of drug-likeness (QED) is 0.503. The van der Waals surface area contributed by atoms with Gasteiger partial charge in [0.25, 0.3) is 0 Å². The predicted molar refractivity (Wildman–Crippen MR) is 114 cm³/mol. The topological polar surface area (TPSA) is 46.0 Å². The lowest BCUT2D eigenvalue weighted by molar-refractivity contribution is 0.233. The minimum absolute atomic E-state index is 0.274. The highest BCUT2D eigenvalue weighted by atomic mass is 15.3. The number of hydrogen-bond donors (Lipinski definition) is 1. The van der Waals surface area contributed by atoms with Crippen LogP contribution in [-0.2, 0) is 7.05 Å². The van der Waals surface area contributed by atoms with Gasteiger partial charge in [-0.2, -0.15) is 0 Å². The van der Waals surface area contributed by atoms with E-state index < -0.39 is 0 Å². The van der Waals surface area contributed by atoms with Crippen LogP contribution in [0.15, 0.2) is 42.9 Å². The maximum Gasteiger partial charge on any atom is 0.137 e. The first-order chi connectivity index (χ1) is 13.2. The third kappa shape index (κ3) is 2.92. The molecule has 1 unspecified atom stereocenters. The van der Waals surface area contributed by atoms with Gasteiger partial charge in [0, 0.05) is 47.3 Å². The summed E-state index contributed by atoms with van der Waals surface area (Å²) in [6, 6.07) is 8.65. The Labute approximate surface area is 160 Å². The van der Waals surface area contributed by atoms with E-state index in [2.05, 4.69) is 71.9 Å². The number of rotatable bonds is 6. The van der Waals surface area contributed by atoms with Crippen molar-refractivity contribution in [2.24, 2.45) is 7.05 Å². The van der Waals surface area contributed by atoms with Crippen molar-refractivity contribution in [3.63, 3.8) is 0 Å². The lowest BCUT2D eigenvalue weighted by Crippen LogP contribution is -2.40. The summed E-state index contributed by atoms with van der Waals surface area (Å²) >= 11 is 0. The number of fused-ring (bicyclic) bond motifs is 4. The maximum absolute atomic E-state index is 4.72. The third-order valence-corrected chi connectivity index (χ3v) is 5.62. The summed E-state index contributed by atoms with van der Waals surface area (Å²) in [7, 11) is 2.13. The van der Waals surface area contributed by atoms with Gasteiger partial charge < -0.3 is 9.88 Å². The molecule has 0 aliphatic rings. The van der Waals surface area contributed by atoms with Gasteiger partial charge in [-0.3, -0.25) is 9.88 Å². The Hall–Kier alpha value is -2.66. The predicted octanol–water partition coefficient (Wildman–Crippen LogP) is 4.76. The molecule has 27 heavy (non-hydrogen) atoms. The lowest BCUT2D eigenvalue weighted by Gasteiger charge is -2.30. The number of pyridine rings is 2. The van der Waals surface area contributed by atoms with E-state index >= 15 is 0 Å². The monoisotopic (exact) mass is 361 g/mol. The fraction of sp³-hybridized carbons (Fsp3) is 0.364. The van der Waals surface area contributed by atoms with Crippen LogP contribution in [0.3, 0.4) is 0 Å². The second kappa shape index (κ2) is 7.16. The maximum atomic E-state index is 4.72. The van der Waals surface area contributed by atoms with Crippen molar-refractivity contribution in [2.75, 3.05) is 18.4 Å². The van der Waals surface area contributed by atoms with Crippen molar-refractivity contribution < 1.29 is 0 Å². The molecule has 3 aromatic heterocycles. The van der Waals surface area contributed by atoms with E-state index in [4.69, 9.17) is 4.98 Å². The van der Waals surface area contributed by atoms with Crippen LogP contribution >= 0.6 is 0 Å². The van der Waals surface area contributed by atoms with Crippen molar-refractivity contribution in [3.8, 4) is 0 Å². The highest BCUT2D eigenvalue weighted by molar-refractivity contribution is 6.16. The summed E-state index contributed by atoms with van der Waals surface area (Å²) in [4.78, 5) is 11.4. The first-order valence-electron chi connectivity index (χ1n) is 9.79. The van der Waals surface area contributed by atoms with Crippen LogP contribution in [-0.4, -0.2) is 38.7 Å². The van der Waals surface area contributed by atoms with Gasteiger partial charge in [-0.05, 0) is 49.2 Å². The Bertz CT molecular complexity index is 1090. The van der Waals surface area contributed by atoms with E-state index in [1.165, 1.54) is 27.2 Å². The zero-order chi connectivity index (χ0) is 19.0. The molecule has 5 nitrogen and oxygen atoms in total. The van der Waals surface area contributed by atoms with Gasteiger partial charge in [0.2, 0.25) is 0 Å². The van der Waals surface area contributed by atoms with E-state index in [1.807, 2.05) is 18.6 Å². The van der Waals surface area contributed by atoms with Crippen LogP contribution in [0.5, 0.6) is 0 Å². The molecule has 0 aliphatic carbocycles. The molecule has 0 spiro atoms. The van der Waals surface area contributed by atoms with Crippen molar-refractivity contribution in [3.05, 3.63) is 42.9 Å². The Balaban J connectivity index is 1.93. The number of hydrogen-bond acceptors (Lipinski definition) is 4. The SMILES string of the molecule is CCC(Nc1nccc2c1c1cc3cnccc3cc1n2C)N(CC)CC. The van der Waals surface area contributed by atoms with Gasteiger partial charge in [-0.25, -0.2) is 4.98 Å². The van der Waals surface area contributed by atoms with Crippen molar-refractivity contribution in [1.29, 1.82) is 0 Å². The molecule has 1 atom stereocenters. The second-order valence-corrected chi connectivity index (χ2v) is 6.99. The second-order valence-electron chi connectivity index (χ2n) is 6.99. The third-order valence-electron chi connectivity index (χ3n) is 5.62. The molecule has 0 radical (unpaired) electrons. The summed E-state index contributed by atoms with van der Waals surface area (Å²) in [5.74, 6) is 0.958. The van der Waals surface area contributed by atoms with Crippen LogP contribution in [0, 0.1) is 0 Å². The van der Waals surface area contributed by atoms with Gasteiger partial charge in [0.1, 0.15) is 5.82 Å². The van der Waals surface area contributed by atoms with Gasteiger partial charge in [-0.15, -0.1) is 0 Å². The smallest absolute Gasteiger partial charge is 0.137 e. The Morgan fingerprint density at radius 2 is 1.85 bits per heavy atom.